The van der Waals surface area contributed by atoms with Crippen molar-refractivity contribution in [1.29, 1.82) is 0 Å². The normalized spacial score (nSPS) is 24.3. The molecule has 2 rings (SSSR count). The van der Waals surface area contributed by atoms with Crippen molar-refractivity contribution >= 4 is 15.8 Å². The van der Waals surface area contributed by atoms with Crippen LogP contribution in [0.5, 0.6) is 0 Å². The summed E-state index contributed by atoms with van der Waals surface area (Å²) < 4.78 is 24.8. The van der Waals surface area contributed by atoms with Gasteiger partial charge in [0.1, 0.15) is 9.84 Å². The van der Waals surface area contributed by atoms with Gasteiger partial charge < -0.3 is 5.11 Å². The van der Waals surface area contributed by atoms with Gasteiger partial charge in [0, 0.05) is 12.5 Å². The predicted molar refractivity (Wildman–Crippen MR) is 67.5 cm³/mol. The minimum absolute atomic E-state index is 0.0106. The van der Waals surface area contributed by atoms with Gasteiger partial charge >= 0.3 is 5.97 Å². The molecule has 1 saturated carbocycles. The minimum atomic E-state index is -3.03. The smallest absolute Gasteiger partial charge is 0.309 e. The third kappa shape index (κ3) is 3.52. The van der Waals surface area contributed by atoms with Crippen LogP contribution in [0, 0.1) is 0 Å². The van der Waals surface area contributed by atoms with Gasteiger partial charge in [-0.15, -0.1) is 5.10 Å². The van der Waals surface area contributed by atoms with E-state index in [2.05, 4.69) is 10.3 Å². The highest BCUT2D eigenvalue weighted by Crippen LogP contribution is 2.31. The molecule has 0 bridgehead atoms. The van der Waals surface area contributed by atoms with Crippen LogP contribution in [0.4, 0.5) is 0 Å². The number of aromatic nitrogens is 3. The first-order valence-corrected chi connectivity index (χ1v) is 8.13. The molecule has 0 radical (unpaired) electrons. The Kier molecular flexibility index (Phi) is 3.88. The predicted octanol–water partition coefficient (Wildman–Crippen LogP) is 0.433. The van der Waals surface area contributed by atoms with Crippen LogP contribution in [0.3, 0.4) is 0 Å². The first-order chi connectivity index (χ1) is 8.86. The van der Waals surface area contributed by atoms with E-state index in [-0.39, 0.29) is 17.7 Å². The maximum atomic E-state index is 11.6. The van der Waals surface area contributed by atoms with Crippen LogP contribution >= 0.6 is 0 Å². The molecule has 0 aromatic carbocycles. The topological polar surface area (TPSA) is 102 Å². The Morgan fingerprint density at radius 3 is 2.89 bits per heavy atom. The van der Waals surface area contributed by atoms with Crippen LogP contribution in [0.2, 0.25) is 0 Å². The van der Waals surface area contributed by atoms with Gasteiger partial charge in [-0.2, -0.15) is 0 Å². The van der Waals surface area contributed by atoms with Gasteiger partial charge in [-0.25, -0.2) is 13.1 Å². The van der Waals surface area contributed by atoms with E-state index >= 15 is 0 Å². The molecule has 1 fully saturated rings. The molecular weight excluding hydrogens is 270 g/mol. The maximum Gasteiger partial charge on any atom is 0.309 e. The number of carbonyl (C=O) groups is 1. The van der Waals surface area contributed by atoms with E-state index < -0.39 is 15.8 Å². The van der Waals surface area contributed by atoms with Gasteiger partial charge in [0.25, 0.3) is 0 Å². The maximum absolute atomic E-state index is 11.6. The van der Waals surface area contributed by atoms with Gasteiger partial charge in [-0.1, -0.05) is 11.6 Å². The molecule has 0 aliphatic heterocycles. The summed E-state index contributed by atoms with van der Waals surface area (Å²) in [5, 5.41) is 16.1. The van der Waals surface area contributed by atoms with Crippen molar-refractivity contribution in [1.82, 2.24) is 15.0 Å². The molecule has 2 unspecified atom stereocenters. The second-order valence-electron chi connectivity index (χ2n) is 5.03. The molecule has 0 spiro atoms. The fraction of sp³-hybridized carbons (Fsp3) is 0.727. The fourth-order valence-corrected chi connectivity index (χ4v) is 3.64. The lowest BCUT2D eigenvalue weighted by atomic mass is 9.95. The van der Waals surface area contributed by atoms with E-state index in [9.17, 15) is 13.2 Å². The number of nitrogens with zero attached hydrogens (tertiary/aromatic N) is 3. The zero-order valence-electron chi connectivity index (χ0n) is 10.7. The highest BCUT2D eigenvalue weighted by atomic mass is 32.2. The number of aliphatic carboxylic acids is 1. The number of hydrogen-bond donors (Lipinski definition) is 1. The molecule has 2 atom stereocenters. The molecule has 1 heterocycles. The summed E-state index contributed by atoms with van der Waals surface area (Å²) in [5.74, 6) is -0.954. The van der Waals surface area contributed by atoms with E-state index in [0.717, 1.165) is 12.8 Å². The van der Waals surface area contributed by atoms with Crippen LogP contribution < -0.4 is 0 Å². The average molecular weight is 287 g/mol. The van der Waals surface area contributed by atoms with E-state index in [1.54, 1.807) is 10.9 Å². The minimum Gasteiger partial charge on any atom is -0.481 e. The number of carboxylic acid groups (broad SMARTS) is 1. The van der Waals surface area contributed by atoms with Crippen molar-refractivity contribution in [3.63, 3.8) is 0 Å². The third-order valence-corrected chi connectivity index (χ3v) is 5.11. The molecule has 19 heavy (non-hydrogen) atoms. The lowest BCUT2D eigenvalue weighted by Crippen LogP contribution is -2.29. The van der Waals surface area contributed by atoms with Crippen LogP contribution in [0.25, 0.3) is 0 Å². The van der Waals surface area contributed by atoms with Gasteiger partial charge in [-0.3, -0.25) is 4.79 Å². The Balaban J connectivity index is 2.09. The van der Waals surface area contributed by atoms with E-state index in [1.165, 1.54) is 6.26 Å². The largest absolute Gasteiger partial charge is 0.481 e. The van der Waals surface area contributed by atoms with Crippen LogP contribution in [-0.4, -0.2) is 46.0 Å². The zero-order chi connectivity index (χ0) is 14.0. The Bertz CT molecular complexity index is 566. The summed E-state index contributed by atoms with van der Waals surface area (Å²) in [4.78, 5) is 10.6. The summed E-state index contributed by atoms with van der Waals surface area (Å²) in [7, 11) is -3.03. The number of sulfone groups is 1. The van der Waals surface area contributed by atoms with Crippen LogP contribution in [-0.2, 0) is 21.1 Å². The molecule has 0 saturated heterocycles. The average Bonchev–Trinajstić information content (AvgIpc) is 2.76. The Hall–Kier alpha value is -1.44. The molecule has 1 aliphatic carbocycles. The molecule has 0 amide bonds. The molecular formula is C11H17N3O4S. The number of rotatable bonds is 4. The molecule has 1 aromatic heterocycles. The van der Waals surface area contributed by atoms with Crippen molar-refractivity contribution in [2.45, 2.75) is 43.4 Å². The summed E-state index contributed by atoms with van der Waals surface area (Å²) in [6.45, 7) is 0. The summed E-state index contributed by atoms with van der Waals surface area (Å²) in [6.07, 6.45) is 5.59. The second-order valence-corrected chi connectivity index (χ2v) is 7.36. The standard InChI is InChI=1S/C11H17N3O4S/c1-19(17,18)10-4-2-3-9(6-10)14-7-8(12-13-14)5-11(15)16/h7,9-10H,2-6H2,1H3,(H,15,16). The summed E-state index contributed by atoms with van der Waals surface area (Å²) in [6, 6.07) is -0.0106. The van der Waals surface area contributed by atoms with Gasteiger partial charge in [-0.05, 0) is 19.3 Å². The van der Waals surface area contributed by atoms with Crippen LogP contribution in [0.1, 0.15) is 37.4 Å². The Labute approximate surface area is 111 Å². The summed E-state index contributed by atoms with van der Waals surface area (Å²) in [5.41, 5.74) is 0.397. The van der Waals surface area contributed by atoms with Crippen molar-refractivity contribution in [2.24, 2.45) is 0 Å². The molecule has 1 aliphatic rings. The Morgan fingerprint density at radius 2 is 2.26 bits per heavy atom. The van der Waals surface area contributed by atoms with E-state index in [0.29, 0.717) is 18.5 Å². The quantitative estimate of drug-likeness (QED) is 0.861. The van der Waals surface area contributed by atoms with Crippen LogP contribution in [0.15, 0.2) is 6.20 Å². The third-order valence-electron chi connectivity index (χ3n) is 3.47. The number of carboxylic acids is 1. The lowest BCUT2D eigenvalue weighted by Gasteiger charge is -2.27. The van der Waals surface area contributed by atoms with Crippen molar-refractivity contribution in [3.05, 3.63) is 11.9 Å². The fourth-order valence-electron chi connectivity index (χ4n) is 2.48. The highest BCUT2D eigenvalue weighted by molar-refractivity contribution is 7.91. The van der Waals surface area contributed by atoms with Crippen molar-refractivity contribution in [3.8, 4) is 0 Å². The SMILES string of the molecule is CS(=O)(=O)C1CCCC(n2cc(CC(=O)O)nn2)C1. The van der Waals surface area contributed by atoms with Crippen molar-refractivity contribution in [2.75, 3.05) is 6.26 Å². The van der Waals surface area contributed by atoms with Gasteiger partial charge in [0.05, 0.1) is 23.4 Å². The highest BCUT2D eigenvalue weighted by Gasteiger charge is 2.30. The van der Waals surface area contributed by atoms with Crippen molar-refractivity contribution < 1.29 is 18.3 Å². The lowest BCUT2D eigenvalue weighted by molar-refractivity contribution is -0.136. The summed E-state index contributed by atoms with van der Waals surface area (Å²) >= 11 is 0. The first-order valence-electron chi connectivity index (χ1n) is 6.17. The molecule has 7 nitrogen and oxygen atoms in total. The first kappa shape index (κ1) is 14.0. The van der Waals surface area contributed by atoms with Gasteiger partial charge in [0.2, 0.25) is 0 Å². The van der Waals surface area contributed by atoms with Gasteiger partial charge in [0.15, 0.2) is 0 Å². The number of hydrogen-bond acceptors (Lipinski definition) is 5. The molecule has 1 aromatic rings. The second kappa shape index (κ2) is 5.28. The monoisotopic (exact) mass is 287 g/mol. The molecule has 106 valence electrons. The zero-order valence-corrected chi connectivity index (χ0v) is 11.5. The molecule has 1 N–H and O–H groups in total. The van der Waals surface area contributed by atoms with E-state index in [4.69, 9.17) is 5.11 Å². The Morgan fingerprint density at radius 1 is 1.53 bits per heavy atom. The molecule has 8 heteroatoms. The van der Waals surface area contributed by atoms with E-state index in [1.807, 2.05) is 0 Å².